The third kappa shape index (κ3) is 5.58. The van der Waals surface area contributed by atoms with Gasteiger partial charge in [0, 0.05) is 20.7 Å². The molecule has 0 aliphatic carbocycles. The Morgan fingerprint density at radius 3 is 2.33 bits per heavy atom. The number of amides is 2. The second-order valence-corrected chi connectivity index (χ2v) is 5.77. The first kappa shape index (κ1) is 20.1. The molecule has 1 rings (SSSR count). The zero-order valence-corrected chi connectivity index (χ0v) is 14.7. The first-order chi connectivity index (χ1) is 11.3. The Balaban J connectivity index is 2.77. The molecule has 0 saturated carbocycles. The molecule has 0 heterocycles. The smallest absolute Gasteiger partial charge is 0.237 e. The number of hydrogen-bond donors (Lipinski definition) is 1. The number of rotatable bonds is 9. The van der Waals surface area contributed by atoms with Crippen molar-refractivity contribution in [3.8, 4) is 0 Å². The van der Waals surface area contributed by atoms with Gasteiger partial charge in [-0.15, -0.1) is 0 Å². The summed E-state index contributed by atoms with van der Waals surface area (Å²) in [7, 11) is 3.23. The molecule has 0 aliphatic rings. The summed E-state index contributed by atoms with van der Waals surface area (Å²) in [5.41, 5.74) is 6.18. The van der Waals surface area contributed by atoms with Crippen LogP contribution in [0.25, 0.3) is 0 Å². The SMILES string of the molecule is COCCN(CC(=O)N(C)C(C)c1ccc(F)cc1)C(C)C(N)=O. The van der Waals surface area contributed by atoms with E-state index >= 15 is 0 Å². The van der Waals surface area contributed by atoms with E-state index in [0.29, 0.717) is 13.2 Å². The molecule has 2 amide bonds. The molecule has 0 aliphatic heterocycles. The lowest BCUT2D eigenvalue weighted by atomic mass is 10.1. The lowest BCUT2D eigenvalue weighted by Crippen LogP contribution is -2.49. The molecule has 24 heavy (non-hydrogen) atoms. The first-order valence-corrected chi connectivity index (χ1v) is 7.81. The molecule has 0 saturated heterocycles. The van der Waals surface area contributed by atoms with Crippen molar-refractivity contribution >= 4 is 11.8 Å². The van der Waals surface area contributed by atoms with Crippen LogP contribution in [-0.4, -0.2) is 61.5 Å². The van der Waals surface area contributed by atoms with Gasteiger partial charge < -0.3 is 15.4 Å². The predicted octanol–water partition coefficient (Wildman–Crippen LogP) is 1.17. The molecule has 2 atom stereocenters. The van der Waals surface area contributed by atoms with Crippen molar-refractivity contribution in [3.05, 3.63) is 35.6 Å². The highest BCUT2D eigenvalue weighted by atomic mass is 19.1. The molecule has 0 aromatic heterocycles. The number of carbonyl (C=O) groups is 2. The maximum Gasteiger partial charge on any atom is 0.237 e. The van der Waals surface area contributed by atoms with Gasteiger partial charge in [0.25, 0.3) is 0 Å². The Morgan fingerprint density at radius 1 is 1.25 bits per heavy atom. The van der Waals surface area contributed by atoms with Crippen LogP contribution in [0.1, 0.15) is 25.5 Å². The Morgan fingerprint density at radius 2 is 1.83 bits per heavy atom. The molecule has 1 aromatic rings. The number of carbonyl (C=O) groups excluding carboxylic acids is 2. The summed E-state index contributed by atoms with van der Waals surface area (Å²) in [6.07, 6.45) is 0. The van der Waals surface area contributed by atoms with Crippen LogP contribution in [0.5, 0.6) is 0 Å². The van der Waals surface area contributed by atoms with Crippen molar-refractivity contribution in [2.75, 3.05) is 33.9 Å². The van der Waals surface area contributed by atoms with Crippen LogP contribution in [0.3, 0.4) is 0 Å². The van der Waals surface area contributed by atoms with Crippen LogP contribution in [0, 0.1) is 5.82 Å². The number of likely N-dealkylation sites (N-methyl/N-ethyl adjacent to an activating group) is 1. The van der Waals surface area contributed by atoms with Gasteiger partial charge in [-0.2, -0.15) is 0 Å². The number of hydrogen-bond acceptors (Lipinski definition) is 4. The summed E-state index contributed by atoms with van der Waals surface area (Å²) in [6.45, 7) is 4.39. The monoisotopic (exact) mass is 339 g/mol. The van der Waals surface area contributed by atoms with Crippen LogP contribution >= 0.6 is 0 Å². The van der Waals surface area contributed by atoms with E-state index in [1.54, 1.807) is 43.0 Å². The fraction of sp³-hybridized carbons (Fsp3) is 0.529. The molecule has 0 fully saturated rings. The molecular weight excluding hydrogens is 313 g/mol. The second-order valence-electron chi connectivity index (χ2n) is 5.77. The van der Waals surface area contributed by atoms with E-state index in [4.69, 9.17) is 10.5 Å². The molecule has 6 nitrogen and oxygen atoms in total. The average molecular weight is 339 g/mol. The van der Waals surface area contributed by atoms with Gasteiger partial charge in [-0.1, -0.05) is 12.1 Å². The van der Waals surface area contributed by atoms with Gasteiger partial charge in [0.05, 0.1) is 25.2 Å². The summed E-state index contributed by atoms with van der Waals surface area (Å²) < 4.78 is 18.0. The molecular formula is C17H26FN3O3. The predicted molar refractivity (Wildman–Crippen MR) is 89.7 cm³/mol. The van der Waals surface area contributed by atoms with Crippen molar-refractivity contribution in [2.24, 2.45) is 5.73 Å². The zero-order valence-electron chi connectivity index (χ0n) is 14.7. The minimum atomic E-state index is -0.571. The van der Waals surface area contributed by atoms with E-state index in [0.717, 1.165) is 5.56 Å². The normalized spacial score (nSPS) is 13.6. The molecule has 2 unspecified atom stereocenters. The Bertz CT molecular complexity index is 551. The number of benzene rings is 1. The van der Waals surface area contributed by atoms with Crippen molar-refractivity contribution in [2.45, 2.75) is 25.9 Å². The van der Waals surface area contributed by atoms with E-state index in [-0.39, 0.29) is 24.3 Å². The Kier molecular flexibility index (Phi) is 7.81. The van der Waals surface area contributed by atoms with Gasteiger partial charge in [0.15, 0.2) is 0 Å². The van der Waals surface area contributed by atoms with Crippen LogP contribution in [0.4, 0.5) is 4.39 Å². The van der Waals surface area contributed by atoms with Crippen LogP contribution in [-0.2, 0) is 14.3 Å². The van der Waals surface area contributed by atoms with Gasteiger partial charge in [0.1, 0.15) is 5.82 Å². The lowest BCUT2D eigenvalue weighted by molar-refractivity contribution is -0.135. The topological polar surface area (TPSA) is 75.9 Å². The fourth-order valence-electron chi connectivity index (χ4n) is 2.26. The number of nitrogens with two attached hydrogens (primary N) is 1. The summed E-state index contributed by atoms with van der Waals surface area (Å²) in [6, 6.07) is 5.25. The summed E-state index contributed by atoms with van der Waals surface area (Å²) >= 11 is 0. The highest BCUT2D eigenvalue weighted by Crippen LogP contribution is 2.19. The molecule has 0 bridgehead atoms. The zero-order chi connectivity index (χ0) is 18.3. The molecule has 0 spiro atoms. The van der Waals surface area contributed by atoms with Gasteiger partial charge in [-0.3, -0.25) is 14.5 Å². The van der Waals surface area contributed by atoms with Crippen molar-refractivity contribution in [3.63, 3.8) is 0 Å². The average Bonchev–Trinajstić information content (AvgIpc) is 2.56. The van der Waals surface area contributed by atoms with E-state index in [1.807, 2.05) is 6.92 Å². The van der Waals surface area contributed by atoms with Crippen molar-refractivity contribution in [1.29, 1.82) is 0 Å². The van der Waals surface area contributed by atoms with Gasteiger partial charge in [-0.25, -0.2) is 4.39 Å². The van der Waals surface area contributed by atoms with Gasteiger partial charge >= 0.3 is 0 Å². The Hall–Kier alpha value is -1.99. The standard InChI is InChI=1S/C17H26FN3O3/c1-12(14-5-7-15(18)8-6-14)20(3)16(22)11-21(9-10-24-4)13(2)17(19)23/h5-8,12-13H,9-11H2,1-4H3,(H2,19,23). The Labute approximate surface area is 142 Å². The lowest BCUT2D eigenvalue weighted by Gasteiger charge is -2.31. The van der Waals surface area contributed by atoms with Crippen molar-refractivity contribution in [1.82, 2.24) is 9.80 Å². The second kappa shape index (κ2) is 9.34. The summed E-state index contributed by atoms with van der Waals surface area (Å²) in [5, 5.41) is 0. The quantitative estimate of drug-likeness (QED) is 0.733. The summed E-state index contributed by atoms with van der Waals surface area (Å²) in [4.78, 5) is 27.2. The summed E-state index contributed by atoms with van der Waals surface area (Å²) in [5.74, 6) is -0.967. The minimum absolute atomic E-state index is 0.0511. The maximum atomic E-state index is 13.0. The third-order valence-corrected chi connectivity index (χ3v) is 4.21. The van der Waals surface area contributed by atoms with Crippen LogP contribution in [0.15, 0.2) is 24.3 Å². The first-order valence-electron chi connectivity index (χ1n) is 7.81. The number of methoxy groups -OCH3 is 1. The number of ether oxygens (including phenoxy) is 1. The molecule has 0 radical (unpaired) electrons. The highest BCUT2D eigenvalue weighted by molar-refractivity contribution is 5.82. The fourth-order valence-corrected chi connectivity index (χ4v) is 2.26. The third-order valence-electron chi connectivity index (χ3n) is 4.21. The number of halogens is 1. The molecule has 7 heteroatoms. The van der Waals surface area contributed by atoms with E-state index < -0.39 is 11.9 Å². The highest BCUT2D eigenvalue weighted by Gasteiger charge is 2.25. The van der Waals surface area contributed by atoms with Crippen LogP contribution < -0.4 is 5.73 Å². The molecule has 1 aromatic carbocycles. The van der Waals surface area contributed by atoms with Gasteiger partial charge in [0.2, 0.25) is 11.8 Å². The molecule has 2 N–H and O–H groups in total. The minimum Gasteiger partial charge on any atom is -0.383 e. The van der Waals surface area contributed by atoms with E-state index in [1.165, 1.54) is 12.1 Å². The van der Waals surface area contributed by atoms with E-state index in [9.17, 15) is 14.0 Å². The largest absolute Gasteiger partial charge is 0.383 e. The molecule has 134 valence electrons. The van der Waals surface area contributed by atoms with Crippen LogP contribution in [0.2, 0.25) is 0 Å². The maximum absolute atomic E-state index is 13.0. The number of nitrogens with zero attached hydrogens (tertiary/aromatic N) is 2. The van der Waals surface area contributed by atoms with E-state index in [2.05, 4.69) is 0 Å². The number of primary amides is 1. The van der Waals surface area contributed by atoms with Gasteiger partial charge in [-0.05, 0) is 31.5 Å². The van der Waals surface area contributed by atoms with Crippen molar-refractivity contribution < 1.29 is 18.7 Å².